The molecule has 1 aromatic rings. The number of hydrogen-bond acceptors (Lipinski definition) is 3. The molecule has 0 aliphatic heterocycles. The molecular weight excluding hydrogens is 216 g/mol. The Morgan fingerprint density at radius 3 is 2.76 bits per heavy atom. The van der Waals surface area contributed by atoms with E-state index in [4.69, 9.17) is 4.74 Å². The van der Waals surface area contributed by atoms with Gasteiger partial charge >= 0.3 is 0 Å². The van der Waals surface area contributed by atoms with E-state index in [-0.39, 0.29) is 5.92 Å². The van der Waals surface area contributed by atoms with E-state index in [1.807, 2.05) is 23.9 Å². The van der Waals surface area contributed by atoms with Crippen molar-refractivity contribution < 1.29 is 9.84 Å². The van der Waals surface area contributed by atoms with Crippen molar-refractivity contribution in [1.29, 1.82) is 0 Å². The Balaban J connectivity index is 2.54. The van der Waals surface area contributed by atoms with Crippen LogP contribution < -0.4 is 0 Å². The molecule has 3 atom stereocenters. The van der Waals surface area contributed by atoms with E-state index in [0.717, 1.165) is 12.1 Å². The lowest BCUT2D eigenvalue weighted by Crippen LogP contribution is -2.24. The van der Waals surface area contributed by atoms with Crippen LogP contribution in [0.1, 0.15) is 38.9 Å². The van der Waals surface area contributed by atoms with Crippen LogP contribution in [0.3, 0.4) is 0 Å². The van der Waals surface area contributed by atoms with Gasteiger partial charge in [-0.15, -0.1) is 0 Å². The molecule has 0 bridgehead atoms. The smallest absolute Gasteiger partial charge is 0.0650 e. The molecule has 0 saturated carbocycles. The van der Waals surface area contributed by atoms with E-state index in [2.05, 4.69) is 18.9 Å². The quantitative estimate of drug-likeness (QED) is 0.793. The maximum Gasteiger partial charge on any atom is 0.0650 e. The molecule has 0 aromatic carbocycles. The van der Waals surface area contributed by atoms with Crippen molar-refractivity contribution in [3.05, 3.63) is 18.0 Å². The molecule has 4 heteroatoms. The van der Waals surface area contributed by atoms with Crippen LogP contribution in [0.2, 0.25) is 0 Å². The van der Waals surface area contributed by atoms with Gasteiger partial charge in [0.05, 0.1) is 18.4 Å². The highest BCUT2D eigenvalue weighted by Gasteiger charge is 2.16. The number of methoxy groups -OCH3 is 1. The zero-order valence-corrected chi connectivity index (χ0v) is 11.3. The average molecular weight is 240 g/mol. The zero-order valence-electron chi connectivity index (χ0n) is 11.3. The molecule has 4 nitrogen and oxygen atoms in total. The summed E-state index contributed by atoms with van der Waals surface area (Å²) in [5.41, 5.74) is 0.945. The first kappa shape index (κ1) is 14.2. The fourth-order valence-electron chi connectivity index (χ4n) is 1.71. The van der Waals surface area contributed by atoms with Gasteiger partial charge in [-0.25, -0.2) is 0 Å². The molecular formula is C13H24N2O2. The maximum atomic E-state index is 9.98. The molecule has 98 valence electrons. The van der Waals surface area contributed by atoms with Gasteiger partial charge in [-0.2, -0.15) is 5.10 Å². The van der Waals surface area contributed by atoms with Crippen LogP contribution in [0, 0.1) is 5.92 Å². The second-order valence-electron chi connectivity index (χ2n) is 4.75. The Kier molecular flexibility index (Phi) is 5.65. The largest absolute Gasteiger partial charge is 0.392 e. The third kappa shape index (κ3) is 4.13. The summed E-state index contributed by atoms with van der Waals surface area (Å²) in [6.45, 7) is 6.84. The van der Waals surface area contributed by atoms with Gasteiger partial charge in [0.25, 0.3) is 0 Å². The molecule has 3 unspecified atom stereocenters. The number of aliphatic hydroxyl groups excluding tert-OH is 1. The molecule has 0 aliphatic carbocycles. The molecule has 17 heavy (non-hydrogen) atoms. The Bertz CT molecular complexity index is 325. The standard InChI is InChI=1S/C13H24N2O2/c1-5-11(3)15-7-6-12(14-15)8-13(16)10(2)9-17-4/h6-7,10-11,13,16H,5,8-9H2,1-4H3. The lowest BCUT2D eigenvalue weighted by Gasteiger charge is -2.16. The first-order valence-electron chi connectivity index (χ1n) is 6.29. The van der Waals surface area contributed by atoms with Crippen LogP contribution in [0.15, 0.2) is 12.3 Å². The van der Waals surface area contributed by atoms with E-state index in [0.29, 0.717) is 19.1 Å². The summed E-state index contributed by atoms with van der Waals surface area (Å²) in [7, 11) is 1.65. The monoisotopic (exact) mass is 240 g/mol. The van der Waals surface area contributed by atoms with Crippen LogP contribution in [-0.4, -0.2) is 34.7 Å². The average Bonchev–Trinajstić information content (AvgIpc) is 2.76. The summed E-state index contributed by atoms with van der Waals surface area (Å²) in [5, 5.41) is 14.5. The highest BCUT2D eigenvalue weighted by molar-refractivity contribution is 5.01. The Morgan fingerprint density at radius 2 is 2.18 bits per heavy atom. The lowest BCUT2D eigenvalue weighted by molar-refractivity contribution is 0.0568. The molecule has 0 spiro atoms. The zero-order chi connectivity index (χ0) is 12.8. The van der Waals surface area contributed by atoms with Crippen molar-refractivity contribution in [2.24, 2.45) is 5.92 Å². The number of aromatic nitrogens is 2. The Labute approximate surface area is 104 Å². The van der Waals surface area contributed by atoms with Gasteiger partial charge < -0.3 is 9.84 Å². The summed E-state index contributed by atoms with van der Waals surface area (Å²) in [6, 6.07) is 2.40. The molecule has 0 saturated heterocycles. The number of ether oxygens (including phenoxy) is 1. The van der Waals surface area contributed by atoms with Gasteiger partial charge in [-0.05, 0) is 19.4 Å². The second-order valence-corrected chi connectivity index (χ2v) is 4.75. The summed E-state index contributed by atoms with van der Waals surface area (Å²) in [5.74, 6) is 0.133. The minimum atomic E-state index is -0.393. The van der Waals surface area contributed by atoms with E-state index in [1.54, 1.807) is 7.11 Å². The predicted molar refractivity (Wildman–Crippen MR) is 68.0 cm³/mol. The number of aliphatic hydroxyl groups is 1. The van der Waals surface area contributed by atoms with E-state index >= 15 is 0 Å². The third-order valence-corrected chi connectivity index (χ3v) is 3.21. The van der Waals surface area contributed by atoms with Crippen molar-refractivity contribution >= 4 is 0 Å². The van der Waals surface area contributed by atoms with Crippen molar-refractivity contribution in [2.45, 2.75) is 45.8 Å². The van der Waals surface area contributed by atoms with Gasteiger partial charge in [0.2, 0.25) is 0 Å². The fraction of sp³-hybridized carbons (Fsp3) is 0.769. The highest BCUT2D eigenvalue weighted by Crippen LogP contribution is 2.13. The molecule has 0 fully saturated rings. The fourth-order valence-corrected chi connectivity index (χ4v) is 1.71. The van der Waals surface area contributed by atoms with E-state index in [9.17, 15) is 5.11 Å². The first-order chi connectivity index (χ1) is 8.08. The summed E-state index contributed by atoms with van der Waals surface area (Å²) < 4.78 is 7.00. The van der Waals surface area contributed by atoms with Crippen molar-refractivity contribution in [3.63, 3.8) is 0 Å². The number of hydrogen-bond donors (Lipinski definition) is 1. The number of nitrogens with zero attached hydrogens (tertiary/aromatic N) is 2. The number of rotatable bonds is 7. The van der Waals surface area contributed by atoms with E-state index < -0.39 is 6.10 Å². The van der Waals surface area contributed by atoms with Gasteiger partial charge in [0.15, 0.2) is 0 Å². The molecule has 0 radical (unpaired) electrons. The molecule has 0 aliphatic rings. The van der Waals surface area contributed by atoms with Crippen LogP contribution in [0.25, 0.3) is 0 Å². The molecule has 1 aromatic heterocycles. The maximum absolute atomic E-state index is 9.98. The summed E-state index contributed by atoms with van der Waals surface area (Å²) in [4.78, 5) is 0. The Morgan fingerprint density at radius 1 is 1.47 bits per heavy atom. The van der Waals surface area contributed by atoms with Gasteiger partial charge in [-0.3, -0.25) is 4.68 Å². The second kappa shape index (κ2) is 6.77. The summed E-state index contributed by atoms with van der Waals surface area (Å²) in [6.07, 6.45) is 3.24. The molecule has 0 amide bonds. The molecule has 1 rings (SSSR count). The normalized spacial score (nSPS) is 16.8. The first-order valence-corrected chi connectivity index (χ1v) is 6.29. The molecule has 1 N–H and O–H groups in total. The SMILES string of the molecule is CCC(C)n1ccc(CC(O)C(C)COC)n1. The summed E-state index contributed by atoms with van der Waals surface area (Å²) >= 11 is 0. The van der Waals surface area contributed by atoms with Gasteiger partial charge in [0.1, 0.15) is 0 Å². The highest BCUT2D eigenvalue weighted by atomic mass is 16.5. The minimum Gasteiger partial charge on any atom is -0.392 e. The minimum absolute atomic E-state index is 0.133. The van der Waals surface area contributed by atoms with Crippen LogP contribution in [-0.2, 0) is 11.2 Å². The van der Waals surface area contributed by atoms with Crippen LogP contribution in [0.4, 0.5) is 0 Å². The Hall–Kier alpha value is -0.870. The van der Waals surface area contributed by atoms with Gasteiger partial charge in [-0.1, -0.05) is 13.8 Å². The van der Waals surface area contributed by atoms with Crippen molar-refractivity contribution in [2.75, 3.05) is 13.7 Å². The predicted octanol–water partition coefficient (Wildman–Crippen LogP) is 2.04. The van der Waals surface area contributed by atoms with Crippen molar-refractivity contribution in [1.82, 2.24) is 9.78 Å². The topological polar surface area (TPSA) is 47.3 Å². The van der Waals surface area contributed by atoms with Gasteiger partial charge in [0, 0.05) is 31.7 Å². The van der Waals surface area contributed by atoms with Crippen LogP contribution >= 0.6 is 0 Å². The third-order valence-electron chi connectivity index (χ3n) is 3.21. The molecule has 1 heterocycles. The van der Waals surface area contributed by atoms with Crippen molar-refractivity contribution in [3.8, 4) is 0 Å². The van der Waals surface area contributed by atoms with E-state index in [1.165, 1.54) is 0 Å². The lowest BCUT2D eigenvalue weighted by atomic mass is 10.0. The van der Waals surface area contributed by atoms with Crippen LogP contribution in [0.5, 0.6) is 0 Å².